The average molecular weight is 222 g/mol. The second kappa shape index (κ2) is 3.35. The van der Waals surface area contributed by atoms with Gasteiger partial charge in [-0.15, -0.1) is 0 Å². The summed E-state index contributed by atoms with van der Waals surface area (Å²) in [6.07, 6.45) is 12.8. The summed E-state index contributed by atoms with van der Waals surface area (Å²) >= 11 is 0. The zero-order valence-corrected chi connectivity index (χ0v) is 10.2. The lowest BCUT2D eigenvalue weighted by Crippen LogP contribution is -2.21. The molecule has 3 aliphatic rings. The van der Waals surface area contributed by atoms with Gasteiger partial charge in [0, 0.05) is 5.41 Å². The van der Waals surface area contributed by atoms with Crippen molar-refractivity contribution in [1.82, 2.24) is 0 Å². The van der Waals surface area contributed by atoms with Gasteiger partial charge in [0.2, 0.25) is 0 Å². The Bertz CT molecular complexity index is 525. The van der Waals surface area contributed by atoms with Crippen LogP contribution < -0.4 is 0 Å². The lowest BCUT2D eigenvalue weighted by Gasteiger charge is -2.28. The third-order valence-electron chi connectivity index (χ3n) is 4.91. The molecule has 0 heterocycles. The topological polar surface area (TPSA) is 0 Å². The molecule has 0 heteroatoms. The van der Waals surface area contributed by atoms with Gasteiger partial charge in [-0.25, -0.2) is 0 Å². The number of hydrogen-bond acceptors (Lipinski definition) is 0. The van der Waals surface area contributed by atoms with E-state index in [1.807, 2.05) is 0 Å². The molecule has 1 saturated carbocycles. The molecular formula is C17H18. The van der Waals surface area contributed by atoms with E-state index in [4.69, 9.17) is 0 Å². The number of benzene rings is 1. The van der Waals surface area contributed by atoms with Crippen LogP contribution >= 0.6 is 0 Å². The Balaban J connectivity index is 2.01. The summed E-state index contributed by atoms with van der Waals surface area (Å²) in [5.41, 5.74) is 6.93. The standard InChI is InChI=1S/C17H18/c1-3-9-15-13(7-1)14-8-2-4-10-16(14)17(15)11-5-6-12-17/h1,3-4,7,9-10H,2,5-6,8,11-12H2. The third kappa shape index (κ3) is 1.14. The first kappa shape index (κ1) is 9.70. The normalized spacial score (nSPS) is 24.2. The van der Waals surface area contributed by atoms with Crippen LogP contribution in [-0.2, 0) is 5.41 Å². The Morgan fingerprint density at radius 2 is 1.82 bits per heavy atom. The minimum absolute atomic E-state index is 0.406. The van der Waals surface area contributed by atoms with E-state index in [2.05, 4.69) is 36.4 Å². The molecule has 0 bridgehead atoms. The molecule has 3 aliphatic carbocycles. The van der Waals surface area contributed by atoms with E-state index in [1.54, 1.807) is 22.3 Å². The van der Waals surface area contributed by atoms with Crippen LogP contribution in [0.4, 0.5) is 0 Å². The molecule has 4 rings (SSSR count). The van der Waals surface area contributed by atoms with Crippen molar-refractivity contribution in [2.45, 2.75) is 43.9 Å². The molecule has 0 saturated heterocycles. The number of fused-ring (bicyclic) bond motifs is 4. The summed E-state index contributed by atoms with van der Waals surface area (Å²) in [6.45, 7) is 0. The fraction of sp³-hybridized carbons (Fsp3) is 0.412. The van der Waals surface area contributed by atoms with Crippen molar-refractivity contribution in [1.29, 1.82) is 0 Å². The Morgan fingerprint density at radius 1 is 1.00 bits per heavy atom. The lowest BCUT2D eigenvalue weighted by molar-refractivity contribution is 0.543. The van der Waals surface area contributed by atoms with Crippen molar-refractivity contribution in [2.75, 3.05) is 0 Å². The maximum Gasteiger partial charge on any atom is 0.0211 e. The van der Waals surface area contributed by atoms with Crippen molar-refractivity contribution < 1.29 is 0 Å². The summed E-state index contributed by atoms with van der Waals surface area (Å²) < 4.78 is 0. The van der Waals surface area contributed by atoms with Crippen molar-refractivity contribution >= 4 is 5.57 Å². The molecule has 0 N–H and O–H groups in total. The van der Waals surface area contributed by atoms with E-state index in [1.165, 1.54) is 38.5 Å². The molecule has 17 heavy (non-hydrogen) atoms. The summed E-state index contributed by atoms with van der Waals surface area (Å²) in [5, 5.41) is 0. The van der Waals surface area contributed by atoms with Crippen LogP contribution in [0.2, 0.25) is 0 Å². The Morgan fingerprint density at radius 3 is 2.71 bits per heavy atom. The van der Waals surface area contributed by atoms with E-state index in [-0.39, 0.29) is 0 Å². The number of allylic oxidation sites excluding steroid dienone is 4. The molecule has 0 amide bonds. The van der Waals surface area contributed by atoms with Crippen LogP contribution in [0.5, 0.6) is 0 Å². The molecule has 1 spiro atoms. The van der Waals surface area contributed by atoms with Crippen molar-refractivity contribution in [2.24, 2.45) is 0 Å². The fourth-order valence-corrected chi connectivity index (χ4v) is 4.22. The maximum absolute atomic E-state index is 2.43. The van der Waals surface area contributed by atoms with Crippen LogP contribution in [-0.4, -0.2) is 0 Å². The highest BCUT2D eigenvalue weighted by Crippen LogP contribution is 2.57. The molecule has 1 fully saturated rings. The van der Waals surface area contributed by atoms with Crippen LogP contribution in [0.15, 0.2) is 42.0 Å². The minimum Gasteiger partial charge on any atom is -0.0839 e. The van der Waals surface area contributed by atoms with E-state index in [9.17, 15) is 0 Å². The molecule has 0 atom stereocenters. The highest BCUT2D eigenvalue weighted by atomic mass is 14.5. The zero-order chi connectivity index (χ0) is 11.3. The Kier molecular flexibility index (Phi) is 1.91. The molecule has 0 radical (unpaired) electrons. The van der Waals surface area contributed by atoms with Gasteiger partial charge in [0.15, 0.2) is 0 Å². The van der Waals surface area contributed by atoms with Gasteiger partial charge in [0.1, 0.15) is 0 Å². The van der Waals surface area contributed by atoms with E-state index < -0.39 is 0 Å². The third-order valence-corrected chi connectivity index (χ3v) is 4.91. The van der Waals surface area contributed by atoms with Crippen LogP contribution in [0, 0.1) is 0 Å². The first-order chi connectivity index (χ1) is 8.42. The van der Waals surface area contributed by atoms with Gasteiger partial charge in [-0.3, -0.25) is 0 Å². The monoisotopic (exact) mass is 222 g/mol. The summed E-state index contributed by atoms with van der Waals surface area (Å²) in [6, 6.07) is 9.15. The van der Waals surface area contributed by atoms with Crippen LogP contribution in [0.25, 0.3) is 5.57 Å². The zero-order valence-electron chi connectivity index (χ0n) is 10.2. The van der Waals surface area contributed by atoms with Gasteiger partial charge in [-0.1, -0.05) is 49.3 Å². The number of rotatable bonds is 0. The van der Waals surface area contributed by atoms with Crippen molar-refractivity contribution in [3.05, 3.63) is 53.1 Å². The summed E-state index contributed by atoms with van der Waals surface area (Å²) in [4.78, 5) is 0. The first-order valence-corrected chi connectivity index (χ1v) is 6.92. The number of hydrogen-bond donors (Lipinski definition) is 0. The summed E-state index contributed by atoms with van der Waals surface area (Å²) in [7, 11) is 0. The minimum atomic E-state index is 0.406. The van der Waals surface area contributed by atoms with Gasteiger partial charge in [-0.2, -0.15) is 0 Å². The Hall–Kier alpha value is -1.30. The SMILES string of the molecule is C1=CC2=C(CC1)c1ccccc1C21CCCC1. The average Bonchev–Trinajstić information content (AvgIpc) is 2.98. The van der Waals surface area contributed by atoms with Gasteiger partial charge in [-0.05, 0) is 48.0 Å². The van der Waals surface area contributed by atoms with Crippen molar-refractivity contribution in [3.8, 4) is 0 Å². The van der Waals surface area contributed by atoms with Gasteiger partial charge in [0.05, 0.1) is 0 Å². The first-order valence-electron chi connectivity index (χ1n) is 6.92. The molecule has 0 nitrogen and oxygen atoms in total. The molecule has 0 aromatic heterocycles. The predicted octanol–water partition coefficient (Wildman–Crippen LogP) is 4.62. The summed E-state index contributed by atoms with van der Waals surface area (Å²) in [5.74, 6) is 0. The molecule has 0 aliphatic heterocycles. The van der Waals surface area contributed by atoms with Gasteiger partial charge < -0.3 is 0 Å². The second-order valence-electron chi connectivity index (χ2n) is 5.67. The van der Waals surface area contributed by atoms with E-state index >= 15 is 0 Å². The van der Waals surface area contributed by atoms with Crippen LogP contribution in [0.3, 0.4) is 0 Å². The highest BCUT2D eigenvalue weighted by Gasteiger charge is 2.45. The smallest absolute Gasteiger partial charge is 0.0211 e. The molecule has 1 aromatic carbocycles. The molecule has 86 valence electrons. The lowest BCUT2D eigenvalue weighted by atomic mass is 9.75. The predicted molar refractivity (Wildman–Crippen MR) is 71.9 cm³/mol. The van der Waals surface area contributed by atoms with E-state index in [0.717, 1.165) is 0 Å². The Labute approximate surface area is 103 Å². The quantitative estimate of drug-likeness (QED) is 0.601. The van der Waals surface area contributed by atoms with Crippen molar-refractivity contribution in [3.63, 3.8) is 0 Å². The maximum atomic E-state index is 2.43. The van der Waals surface area contributed by atoms with E-state index in [0.29, 0.717) is 5.41 Å². The van der Waals surface area contributed by atoms with Gasteiger partial charge >= 0.3 is 0 Å². The van der Waals surface area contributed by atoms with Crippen LogP contribution in [0.1, 0.15) is 49.7 Å². The molecule has 1 aromatic rings. The fourth-order valence-electron chi connectivity index (χ4n) is 4.22. The molecule has 0 unspecified atom stereocenters. The second-order valence-corrected chi connectivity index (χ2v) is 5.67. The van der Waals surface area contributed by atoms with Gasteiger partial charge in [0.25, 0.3) is 0 Å². The molecular weight excluding hydrogens is 204 g/mol. The largest absolute Gasteiger partial charge is 0.0839 e. The highest BCUT2D eigenvalue weighted by molar-refractivity contribution is 5.83.